The van der Waals surface area contributed by atoms with Crippen LogP contribution in [0, 0.1) is 5.41 Å². The molecule has 1 heterocycles. The van der Waals surface area contributed by atoms with Crippen molar-refractivity contribution in [2.45, 2.75) is 6.92 Å². The molecule has 0 fully saturated rings. The Labute approximate surface area is 129 Å². The summed E-state index contributed by atoms with van der Waals surface area (Å²) in [5.41, 5.74) is 4.05. The van der Waals surface area contributed by atoms with Crippen LogP contribution in [0.3, 0.4) is 0 Å². The van der Waals surface area contributed by atoms with E-state index in [2.05, 4.69) is 6.58 Å². The summed E-state index contributed by atoms with van der Waals surface area (Å²) >= 11 is 0. The van der Waals surface area contributed by atoms with Gasteiger partial charge in [0.25, 0.3) is 0 Å². The average Bonchev–Trinajstić information content (AvgIpc) is 2.91. The lowest BCUT2D eigenvalue weighted by molar-refractivity contribution is 0.603. The first-order valence-corrected chi connectivity index (χ1v) is 7.17. The van der Waals surface area contributed by atoms with Gasteiger partial charge in [-0.1, -0.05) is 61.2 Å². The molecule has 0 saturated heterocycles. The van der Waals surface area contributed by atoms with E-state index < -0.39 is 0 Å². The van der Waals surface area contributed by atoms with Crippen molar-refractivity contribution in [2.75, 3.05) is 0 Å². The highest BCUT2D eigenvalue weighted by atomic mass is 16.3. The Balaban J connectivity index is 2.04. The number of para-hydroxylation sites is 1. The molecule has 2 heteroatoms. The van der Waals surface area contributed by atoms with E-state index in [1.54, 1.807) is 6.08 Å². The SMILES string of the molecule is C=Cc1c(/C=C(\C)C(=N)c2ccccc2)oc2ccccc12. The van der Waals surface area contributed by atoms with Crippen LogP contribution in [0.25, 0.3) is 23.1 Å². The zero-order valence-corrected chi connectivity index (χ0v) is 12.5. The maximum atomic E-state index is 8.31. The van der Waals surface area contributed by atoms with Crippen LogP contribution in [0.4, 0.5) is 0 Å². The Morgan fingerprint density at radius 3 is 2.45 bits per heavy atom. The summed E-state index contributed by atoms with van der Waals surface area (Å²) in [6.45, 7) is 5.81. The lowest BCUT2D eigenvalue weighted by atomic mass is 10.0. The molecule has 3 aromatic rings. The fourth-order valence-electron chi connectivity index (χ4n) is 2.50. The molecular weight excluding hydrogens is 270 g/mol. The Bertz CT molecular complexity index is 869. The van der Waals surface area contributed by atoms with Crippen LogP contribution in [-0.2, 0) is 0 Å². The molecule has 0 unspecified atom stereocenters. The van der Waals surface area contributed by atoms with Crippen molar-refractivity contribution >= 4 is 28.8 Å². The first kappa shape index (κ1) is 14.1. The molecule has 0 spiro atoms. The molecule has 0 radical (unpaired) electrons. The Kier molecular flexibility index (Phi) is 3.75. The van der Waals surface area contributed by atoms with Gasteiger partial charge in [-0.2, -0.15) is 0 Å². The topological polar surface area (TPSA) is 37.0 Å². The van der Waals surface area contributed by atoms with Crippen molar-refractivity contribution < 1.29 is 4.42 Å². The highest BCUT2D eigenvalue weighted by molar-refractivity contribution is 6.12. The van der Waals surface area contributed by atoms with Crippen molar-refractivity contribution in [3.8, 4) is 0 Å². The van der Waals surface area contributed by atoms with Crippen molar-refractivity contribution in [3.63, 3.8) is 0 Å². The number of hydrogen-bond donors (Lipinski definition) is 1. The smallest absolute Gasteiger partial charge is 0.135 e. The van der Waals surface area contributed by atoms with Gasteiger partial charge in [0.15, 0.2) is 0 Å². The van der Waals surface area contributed by atoms with E-state index in [1.165, 1.54) is 0 Å². The maximum absolute atomic E-state index is 8.31. The Morgan fingerprint density at radius 2 is 1.73 bits per heavy atom. The summed E-state index contributed by atoms with van der Waals surface area (Å²) in [6.07, 6.45) is 3.71. The summed E-state index contributed by atoms with van der Waals surface area (Å²) in [4.78, 5) is 0. The molecule has 1 N–H and O–H groups in total. The molecule has 2 aromatic carbocycles. The van der Waals surface area contributed by atoms with Crippen LogP contribution < -0.4 is 0 Å². The first-order valence-electron chi connectivity index (χ1n) is 7.17. The minimum Gasteiger partial charge on any atom is -0.456 e. The number of allylic oxidation sites excluding steroid dienone is 1. The quantitative estimate of drug-likeness (QED) is 0.628. The van der Waals surface area contributed by atoms with Gasteiger partial charge in [0.1, 0.15) is 11.3 Å². The van der Waals surface area contributed by atoms with Crippen molar-refractivity contribution in [1.82, 2.24) is 0 Å². The zero-order chi connectivity index (χ0) is 15.5. The molecule has 3 rings (SSSR count). The van der Waals surface area contributed by atoms with Crippen molar-refractivity contribution in [1.29, 1.82) is 5.41 Å². The highest BCUT2D eigenvalue weighted by Gasteiger charge is 2.11. The first-order chi connectivity index (χ1) is 10.7. The molecular formula is C20H17NO. The monoisotopic (exact) mass is 287 g/mol. The molecule has 0 saturated carbocycles. The predicted molar refractivity (Wildman–Crippen MR) is 93.2 cm³/mol. The van der Waals surface area contributed by atoms with Crippen LogP contribution in [0.2, 0.25) is 0 Å². The van der Waals surface area contributed by atoms with E-state index in [0.717, 1.165) is 33.4 Å². The summed E-state index contributed by atoms with van der Waals surface area (Å²) < 4.78 is 5.90. The number of furan rings is 1. The van der Waals surface area contributed by atoms with Gasteiger partial charge in [-0.05, 0) is 30.2 Å². The van der Waals surface area contributed by atoms with Gasteiger partial charge in [-0.3, -0.25) is 5.41 Å². The number of fused-ring (bicyclic) bond motifs is 1. The van der Waals surface area contributed by atoms with Gasteiger partial charge in [-0.15, -0.1) is 0 Å². The van der Waals surface area contributed by atoms with Crippen molar-refractivity contribution in [3.05, 3.63) is 83.6 Å². The van der Waals surface area contributed by atoms with Gasteiger partial charge < -0.3 is 4.42 Å². The Hall–Kier alpha value is -2.87. The summed E-state index contributed by atoms with van der Waals surface area (Å²) in [5, 5.41) is 9.36. The van der Waals surface area contributed by atoms with Gasteiger partial charge in [0.05, 0.1) is 5.71 Å². The molecule has 1 aromatic heterocycles. The standard InChI is InChI=1S/C20H17NO/c1-3-16-17-11-7-8-12-18(17)22-19(16)13-14(2)20(21)15-9-5-4-6-10-15/h3-13,21H,1H2,2H3/b14-13+,21-20?. The summed E-state index contributed by atoms with van der Waals surface area (Å²) in [5.74, 6) is 0.745. The van der Waals surface area contributed by atoms with Crippen molar-refractivity contribution in [2.24, 2.45) is 0 Å². The van der Waals surface area contributed by atoms with E-state index in [1.807, 2.05) is 67.6 Å². The van der Waals surface area contributed by atoms with Gasteiger partial charge in [0.2, 0.25) is 0 Å². The predicted octanol–water partition coefficient (Wildman–Crippen LogP) is 5.55. The fourth-order valence-corrected chi connectivity index (χ4v) is 2.50. The number of hydrogen-bond acceptors (Lipinski definition) is 2. The third-order valence-corrected chi connectivity index (χ3v) is 3.67. The fraction of sp³-hybridized carbons (Fsp3) is 0.0500. The van der Waals surface area contributed by atoms with Gasteiger partial charge >= 0.3 is 0 Å². The van der Waals surface area contributed by atoms with E-state index in [0.29, 0.717) is 5.71 Å². The summed E-state index contributed by atoms with van der Waals surface area (Å²) in [6, 6.07) is 17.6. The molecule has 0 aliphatic heterocycles. The minimum absolute atomic E-state index is 0.496. The normalized spacial score (nSPS) is 11.6. The van der Waals surface area contributed by atoms with E-state index in [-0.39, 0.29) is 0 Å². The molecule has 0 aliphatic rings. The second-order valence-electron chi connectivity index (χ2n) is 5.15. The second kappa shape index (κ2) is 5.86. The number of benzene rings is 2. The maximum Gasteiger partial charge on any atom is 0.135 e. The van der Waals surface area contributed by atoms with E-state index in [4.69, 9.17) is 9.83 Å². The number of rotatable bonds is 4. The second-order valence-corrected chi connectivity index (χ2v) is 5.15. The molecule has 22 heavy (non-hydrogen) atoms. The molecule has 0 amide bonds. The van der Waals surface area contributed by atoms with Crippen LogP contribution >= 0.6 is 0 Å². The zero-order valence-electron chi connectivity index (χ0n) is 12.5. The molecule has 0 aliphatic carbocycles. The van der Waals surface area contributed by atoms with Crippen LogP contribution in [0.1, 0.15) is 23.8 Å². The van der Waals surface area contributed by atoms with Crippen LogP contribution in [-0.4, -0.2) is 5.71 Å². The average molecular weight is 287 g/mol. The largest absolute Gasteiger partial charge is 0.456 e. The number of nitrogens with one attached hydrogen (secondary N) is 1. The molecule has 108 valence electrons. The van der Waals surface area contributed by atoms with Crippen LogP contribution in [0.5, 0.6) is 0 Å². The lowest BCUT2D eigenvalue weighted by Crippen LogP contribution is -2.00. The van der Waals surface area contributed by atoms with Gasteiger partial charge in [-0.25, -0.2) is 0 Å². The Morgan fingerprint density at radius 1 is 1.05 bits per heavy atom. The third-order valence-electron chi connectivity index (χ3n) is 3.67. The van der Waals surface area contributed by atoms with E-state index >= 15 is 0 Å². The highest BCUT2D eigenvalue weighted by Crippen LogP contribution is 2.28. The third kappa shape index (κ3) is 2.51. The minimum atomic E-state index is 0.496. The lowest BCUT2D eigenvalue weighted by Gasteiger charge is -2.04. The van der Waals surface area contributed by atoms with E-state index in [9.17, 15) is 0 Å². The molecule has 0 atom stereocenters. The van der Waals surface area contributed by atoms with Gasteiger partial charge in [0, 0.05) is 10.9 Å². The molecule has 0 bridgehead atoms. The molecule has 2 nitrogen and oxygen atoms in total. The van der Waals surface area contributed by atoms with Crippen LogP contribution in [0.15, 0.2) is 71.2 Å². The summed E-state index contributed by atoms with van der Waals surface area (Å²) in [7, 11) is 0.